The number of piperidine rings is 1. The van der Waals surface area contributed by atoms with E-state index in [1.165, 1.54) is 12.1 Å². The third kappa shape index (κ3) is 5.02. The molecule has 0 bridgehead atoms. The summed E-state index contributed by atoms with van der Waals surface area (Å²) in [5.41, 5.74) is 6.99. The van der Waals surface area contributed by atoms with Crippen LogP contribution in [0.4, 0.5) is 4.39 Å². The number of hydrogen-bond acceptors (Lipinski definition) is 3. The van der Waals surface area contributed by atoms with Crippen molar-refractivity contribution in [1.29, 1.82) is 0 Å². The molecule has 3 N–H and O–H groups in total. The fourth-order valence-electron chi connectivity index (χ4n) is 3.18. The van der Waals surface area contributed by atoms with Gasteiger partial charge in [-0.3, -0.25) is 9.69 Å². The van der Waals surface area contributed by atoms with Crippen LogP contribution in [0.15, 0.2) is 24.3 Å². The molecule has 0 radical (unpaired) electrons. The molecule has 1 aromatic rings. The van der Waals surface area contributed by atoms with Crippen molar-refractivity contribution in [3.05, 3.63) is 35.6 Å². The molecule has 1 aromatic carbocycles. The molecule has 1 heterocycles. The minimum atomic E-state index is -0.327. The van der Waals surface area contributed by atoms with Crippen molar-refractivity contribution in [3.63, 3.8) is 0 Å². The van der Waals surface area contributed by atoms with Crippen LogP contribution in [0.2, 0.25) is 0 Å². The lowest BCUT2D eigenvalue weighted by atomic mass is 9.93. The summed E-state index contributed by atoms with van der Waals surface area (Å²) in [4.78, 5) is 14.9. The summed E-state index contributed by atoms with van der Waals surface area (Å²) in [5, 5.41) is 3.05. The summed E-state index contributed by atoms with van der Waals surface area (Å²) in [6, 6.07) is 6.40. The number of benzene rings is 1. The van der Waals surface area contributed by atoms with E-state index >= 15 is 0 Å². The number of hydrogen-bond donors (Lipinski definition) is 2. The maximum atomic E-state index is 13.1. The number of rotatable bonds is 7. The predicted molar refractivity (Wildman–Crippen MR) is 95.0 cm³/mol. The monoisotopic (exact) mass is 335 g/mol. The van der Waals surface area contributed by atoms with Crippen LogP contribution in [-0.4, -0.2) is 35.5 Å². The van der Waals surface area contributed by atoms with Gasteiger partial charge >= 0.3 is 0 Å². The minimum Gasteiger partial charge on any atom is -0.353 e. The molecule has 2 rings (SSSR count). The van der Waals surface area contributed by atoms with Crippen LogP contribution in [0.3, 0.4) is 0 Å². The first-order valence-electron chi connectivity index (χ1n) is 9.02. The number of carbonyl (C=O) groups is 1. The van der Waals surface area contributed by atoms with Gasteiger partial charge in [0, 0.05) is 18.6 Å². The van der Waals surface area contributed by atoms with Crippen LogP contribution >= 0.6 is 0 Å². The van der Waals surface area contributed by atoms with Crippen LogP contribution in [-0.2, 0) is 11.3 Å². The Bertz CT molecular complexity index is 528. The van der Waals surface area contributed by atoms with Crippen LogP contribution < -0.4 is 11.1 Å². The van der Waals surface area contributed by atoms with E-state index in [0.29, 0.717) is 13.1 Å². The Labute approximate surface area is 144 Å². The lowest BCUT2D eigenvalue weighted by molar-refractivity contribution is -0.128. The Balaban J connectivity index is 1.97. The molecular formula is C19H30FN3O. The molecule has 4 nitrogen and oxygen atoms in total. The SMILES string of the molecule is CCC(N)(CC)CNC(=O)C1CCCCN1Cc1ccc(F)cc1. The summed E-state index contributed by atoms with van der Waals surface area (Å²) in [6.45, 7) is 6.19. The molecule has 1 aliphatic rings. The molecule has 1 aliphatic heterocycles. The van der Waals surface area contributed by atoms with Gasteiger partial charge in [0.15, 0.2) is 0 Å². The van der Waals surface area contributed by atoms with Gasteiger partial charge in [-0.2, -0.15) is 0 Å². The highest BCUT2D eigenvalue weighted by atomic mass is 19.1. The van der Waals surface area contributed by atoms with Crippen molar-refractivity contribution >= 4 is 5.91 Å². The molecule has 1 saturated heterocycles. The zero-order valence-corrected chi connectivity index (χ0v) is 14.9. The molecule has 1 fully saturated rings. The number of halogens is 1. The van der Waals surface area contributed by atoms with Crippen LogP contribution in [0, 0.1) is 5.82 Å². The smallest absolute Gasteiger partial charge is 0.237 e. The number of likely N-dealkylation sites (tertiary alicyclic amines) is 1. The maximum absolute atomic E-state index is 13.1. The van der Waals surface area contributed by atoms with E-state index < -0.39 is 0 Å². The standard InChI is InChI=1S/C19H30FN3O/c1-3-19(21,4-2)14-22-18(24)17-7-5-6-12-23(17)13-15-8-10-16(20)11-9-15/h8-11,17H,3-7,12-14,21H2,1-2H3,(H,22,24). The number of nitrogens with zero attached hydrogens (tertiary/aromatic N) is 1. The Morgan fingerprint density at radius 1 is 1.29 bits per heavy atom. The summed E-state index contributed by atoms with van der Waals surface area (Å²) in [5.74, 6) is -0.168. The van der Waals surface area contributed by atoms with Gasteiger partial charge in [-0.05, 0) is 49.9 Å². The molecular weight excluding hydrogens is 305 g/mol. The van der Waals surface area contributed by atoms with Crippen LogP contribution in [0.5, 0.6) is 0 Å². The molecule has 0 aliphatic carbocycles. The van der Waals surface area contributed by atoms with E-state index in [-0.39, 0.29) is 23.3 Å². The van der Waals surface area contributed by atoms with Gasteiger partial charge in [0.2, 0.25) is 5.91 Å². The molecule has 5 heteroatoms. The average Bonchev–Trinajstić information content (AvgIpc) is 2.62. The highest BCUT2D eigenvalue weighted by molar-refractivity contribution is 5.81. The molecule has 1 atom stereocenters. The second kappa shape index (κ2) is 8.58. The van der Waals surface area contributed by atoms with Gasteiger partial charge < -0.3 is 11.1 Å². The first-order valence-corrected chi connectivity index (χ1v) is 9.02. The van der Waals surface area contributed by atoms with Crippen molar-refractivity contribution in [3.8, 4) is 0 Å². The zero-order chi connectivity index (χ0) is 17.6. The molecule has 134 valence electrons. The highest BCUT2D eigenvalue weighted by Crippen LogP contribution is 2.20. The number of nitrogens with one attached hydrogen (secondary N) is 1. The highest BCUT2D eigenvalue weighted by Gasteiger charge is 2.30. The Morgan fingerprint density at radius 2 is 1.96 bits per heavy atom. The van der Waals surface area contributed by atoms with Gasteiger partial charge in [0.1, 0.15) is 5.82 Å². The fourth-order valence-corrected chi connectivity index (χ4v) is 3.18. The summed E-state index contributed by atoms with van der Waals surface area (Å²) in [6.07, 6.45) is 4.70. The van der Waals surface area contributed by atoms with E-state index in [9.17, 15) is 9.18 Å². The number of carbonyl (C=O) groups excluding carboxylic acids is 1. The first-order chi connectivity index (χ1) is 11.5. The summed E-state index contributed by atoms with van der Waals surface area (Å²) < 4.78 is 13.1. The largest absolute Gasteiger partial charge is 0.353 e. The second-order valence-corrected chi connectivity index (χ2v) is 6.90. The molecule has 1 amide bonds. The Kier molecular flexibility index (Phi) is 6.75. The number of amides is 1. The van der Waals surface area contributed by atoms with Gasteiger partial charge in [0.05, 0.1) is 6.04 Å². The lowest BCUT2D eigenvalue weighted by Crippen LogP contribution is -2.54. The normalized spacial score (nSPS) is 19.2. The number of nitrogens with two attached hydrogens (primary N) is 1. The second-order valence-electron chi connectivity index (χ2n) is 6.90. The summed E-state index contributed by atoms with van der Waals surface area (Å²) >= 11 is 0. The van der Waals surface area contributed by atoms with Crippen molar-refractivity contribution < 1.29 is 9.18 Å². The fraction of sp³-hybridized carbons (Fsp3) is 0.632. The minimum absolute atomic E-state index is 0.0635. The first kappa shape index (κ1) is 18.9. The van der Waals surface area contributed by atoms with Crippen molar-refractivity contribution in [2.45, 2.75) is 64.1 Å². The van der Waals surface area contributed by atoms with Crippen LogP contribution in [0.25, 0.3) is 0 Å². The Hall–Kier alpha value is -1.46. The zero-order valence-electron chi connectivity index (χ0n) is 14.9. The maximum Gasteiger partial charge on any atom is 0.237 e. The predicted octanol–water partition coefficient (Wildman–Crippen LogP) is 2.81. The third-order valence-electron chi connectivity index (χ3n) is 5.24. The van der Waals surface area contributed by atoms with Crippen molar-refractivity contribution in [2.24, 2.45) is 5.73 Å². The van der Waals surface area contributed by atoms with E-state index in [2.05, 4.69) is 24.1 Å². The Morgan fingerprint density at radius 3 is 2.58 bits per heavy atom. The van der Waals surface area contributed by atoms with Gasteiger partial charge in [-0.15, -0.1) is 0 Å². The van der Waals surface area contributed by atoms with Crippen molar-refractivity contribution in [2.75, 3.05) is 13.1 Å². The van der Waals surface area contributed by atoms with E-state index in [4.69, 9.17) is 5.73 Å². The molecule has 0 saturated carbocycles. The molecule has 24 heavy (non-hydrogen) atoms. The summed E-state index contributed by atoms with van der Waals surface area (Å²) in [7, 11) is 0. The van der Waals surface area contributed by atoms with Gasteiger partial charge in [0.25, 0.3) is 0 Å². The van der Waals surface area contributed by atoms with Gasteiger partial charge in [-0.1, -0.05) is 32.4 Å². The third-order valence-corrected chi connectivity index (χ3v) is 5.24. The van der Waals surface area contributed by atoms with E-state index in [0.717, 1.165) is 44.2 Å². The van der Waals surface area contributed by atoms with E-state index in [1.54, 1.807) is 12.1 Å². The molecule has 1 unspecified atom stereocenters. The lowest BCUT2D eigenvalue weighted by Gasteiger charge is -2.36. The van der Waals surface area contributed by atoms with Crippen LogP contribution in [0.1, 0.15) is 51.5 Å². The van der Waals surface area contributed by atoms with Crippen molar-refractivity contribution in [1.82, 2.24) is 10.2 Å². The topological polar surface area (TPSA) is 58.4 Å². The van der Waals surface area contributed by atoms with E-state index in [1.807, 2.05) is 0 Å². The quantitative estimate of drug-likeness (QED) is 0.805. The van der Waals surface area contributed by atoms with Gasteiger partial charge in [-0.25, -0.2) is 4.39 Å². The average molecular weight is 335 g/mol. The molecule has 0 aromatic heterocycles. The molecule has 0 spiro atoms.